The Labute approximate surface area is 309 Å². The molecular weight excluding hydrogens is 620 g/mol. The number of ether oxygens (including phenoxy) is 3. The average molecular weight is 699 g/mol. The molecule has 0 N–H and O–H groups in total. The van der Waals surface area contributed by atoms with Crippen LogP contribution in [0, 0.1) is 0 Å². The number of unbranched alkanes of at least 4 members (excludes halogenated alkanes) is 16. The van der Waals surface area contributed by atoms with Crippen molar-refractivity contribution in [1.29, 1.82) is 0 Å². The van der Waals surface area contributed by atoms with Crippen LogP contribution in [0.2, 0.25) is 0 Å². The van der Waals surface area contributed by atoms with Crippen LogP contribution >= 0.6 is 0 Å². The van der Waals surface area contributed by atoms with E-state index in [9.17, 15) is 9.59 Å². The van der Waals surface area contributed by atoms with Crippen LogP contribution in [0.3, 0.4) is 0 Å². The average Bonchev–Trinajstić information content (AvgIpc) is 3.11. The highest BCUT2D eigenvalue weighted by atomic mass is 16.6. The summed E-state index contributed by atoms with van der Waals surface area (Å²) in [6.45, 7) is 7.53. The summed E-state index contributed by atoms with van der Waals surface area (Å²) < 4.78 is 17.1. The predicted molar refractivity (Wildman–Crippen MR) is 214 cm³/mol. The molecule has 288 valence electrons. The molecular formula is C45H78O5. The van der Waals surface area contributed by atoms with Gasteiger partial charge in [-0.2, -0.15) is 0 Å². The van der Waals surface area contributed by atoms with E-state index in [1.54, 1.807) is 0 Å². The molecule has 1 atom stereocenters. The maximum atomic E-state index is 12.5. The molecule has 0 heterocycles. The first kappa shape index (κ1) is 47.6. The van der Waals surface area contributed by atoms with Crippen molar-refractivity contribution in [1.82, 2.24) is 0 Å². The molecule has 1 unspecified atom stereocenters. The Balaban J connectivity index is 4.14. The lowest BCUT2D eigenvalue weighted by Gasteiger charge is -2.18. The Bertz CT molecular complexity index is 884. The van der Waals surface area contributed by atoms with Crippen molar-refractivity contribution in [3.05, 3.63) is 60.8 Å². The second kappa shape index (κ2) is 41.0. The summed E-state index contributed by atoms with van der Waals surface area (Å²) in [5.41, 5.74) is 0. The summed E-state index contributed by atoms with van der Waals surface area (Å²) in [4.78, 5) is 24.9. The summed E-state index contributed by atoms with van der Waals surface area (Å²) in [7, 11) is 0. The zero-order valence-corrected chi connectivity index (χ0v) is 32.9. The lowest BCUT2D eigenvalue weighted by atomic mass is 10.1. The van der Waals surface area contributed by atoms with E-state index >= 15 is 0 Å². The quantitative estimate of drug-likeness (QED) is 0.0367. The van der Waals surface area contributed by atoms with E-state index in [1.807, 2.05) is 0 Å². The summed E-state index contributed by atoms with van der Waals surface area (Å²) in [5.74, 6) is -0.439. The maximum Gasteiger partial charge on any atom is 0.306 e. The van der Waals surface area contributed by atoms with Crippen LogP contribution in [0.15, 0.2) is 60.8 Å². The fourth-order valence-electron chi connectivity index (χ4n) is 5.44. The Morgan fingerprint density at radius 1 is 0.460 bits per heavy atom. The van der Waals surface area contributed by atoms with E-state index in [0.717, 1.165) is 83.5 Å². The monoisotopic (exact) mass is 699 g/mol. The number of hydrogen-bond donors (Lipinski definition) is 0. The van der Waals surface area contributed by atoms with Crippen molar-refractivity contribution in [2.24, 2.45) is 0 Å². The normalized spacial score (nSPS) is 12.8. The Morgan fingerprint density at radius 2 is 0.940 bits per heavy atom. The van der Waals surface area contributed by atoms with E-state index in [0.29, 0.717) is 19.4 Å². The fraction of sp³-hybridized carbons (Fsp3) is 0.733. The molecule has 5 nitrogen and oxygen atoms in total. The number of rotatable bonds is 37. The van der Waals surface area contributed by atoms with Gasteiger partial charge < -0.3 is 14.2 Å². The highest BCUT2D eigenvalue weighted by Crippen LogP contribution is 2.12. The lowest BCUT2D eigenvalue weighted by Crippen LogP contribution is -2.30. The van der Waals surface area contributed by atoms with Gasteiger partial charge in [-0.1, -0.05) is 159 Å². The topological polar surface area (TPSA) is 61.8 Å². The highest BCUT2D eigenvalue weighted by molar-refractivity contribution is 5.70. The van der Waals surface area contributed by atoms with Gasteiger partial charge in [0.2, 0.25) is 0 Å². The third-order valence-corrected chi connectivity index (χ3v) is 8.52. The van der Waals surface area contributed by atoms with Crippen LogP contribution in [-0.2, 0) is 23.8 Å². The Morgan fingerprint density at radius 3 is 1.52 bits per heavy atom. The number of hydrogen-bond acceptors (Lipinski definition) is 5. The van der Waals surface area contributed by atoms with Gasteiger partial charge in [-0.3, -0.25) is 9.59 Å². The summed E-state index contributed by atoms with van der Waals surface area (Å²) in [6, 6.07) is 0. The van der Waals surface area contributed by atoms with E-state index in [1.165, 1.54) is 70.6 Å². The first-order valence-electron chi connectivity index (χ1n) is 20.8. The van der Waals surface area contributed by atoms with Crippen molar-refractivity contribution in [2.45, 2.75) is 194 Å². The summed E-state index contributed by atoms with van der Waals surface area (Å²) in [6.07, 6.45) is 49.5. The Hall–Kier alpha value is -2.40. The van der Waals surface area contributed by atoms with Gasteiger partial charge in [0.15, 0.2) is 6.10 Å². The molecule has 0 radical (unpaired) electrons. The predicted octanol–water partition coefficient (Wildman–Crippen LogP) is 13.4. The smallest absolute Gasteiger partial charge is 0.306 e. The van der Waals surface area contributed by atoms with Crippen LogP contribution in [-0.4, -0.2) is 37.9 Å². The molecule has 0 aliphatic rings. The molecule has 0 fully saturated rings. The van der Waals surface area contributed by atoms with Gasteiger partial charge in [-0.25, -0.2) is 0 Å². The van der Waals surface area contributed by atoms with Gasteiger partial charge >= 0.3 is 11.9 Å². The van der Waals surface area contributed by atoms with Gasteiger partial charge in [0.05, 0.1) is 6.61 Å². The number of carbonyl (C=O) groups excluding carboxylic acids is 2. The zero-order valence-electron chi connectivity index (χ0n) is 32.9. The van der Waals surface area contributed by atoms with Crippen molar-refractivity contribution in [3.8, 4) is 0 Å². The molecule has 0 aromatic heterocycles. The van der Waals surface area contributed by atoms with Crippen LogP contribution in [0.4, 0.5) is 0 Å². The van der Waals surface area contributed by atoms with Gasteiger partial charge in [-0.05, 0) is 77.0 Å². The molecule has 0 aromatic carbocycles. The molecule has 0 saturated heterocycles. The van der Waals surface area contributed by atoms with Crippen LogP contribution in [0.5, 0.6) is 0 Å². The van der Waals surface area contributed by atoms with Crippen molar-refractivity contribution in [2.75, 3.05) is 19.8 Å². The molecule has 0 bridgehead atoms. The summed E-state index contributed by atoms with van der Waals surface area (Å²) in [5, 5.41) is 0. The zero-order chi connectivity index (χ0) is 36.4. The van der Waals surface area contributed by atoms with Gasteiger partial charge in [0.1, 0.15) is 6.61 Å². The highest BCUT2D eigenvalue weighted by Gasteiger charge is 2.17. The Kier molecular flexibility index (Phi) is 39.1. The van der Waals surface area contributed by atoms with E-state index in [4.69, 9.17) is 14.2 Å². The molecule has 0 aliphatic heterocycles. The van der Waals surface area contributed by atoms with Crippen molar-refractivity contribution < 1.29 is 23.8 Å². The van der Waals surface area contributed by atoms with Crippen LogP contribution in [0.1, 0.15) is 188 Å². The molecule has 0 amide bonds. The molecule has 50 heavy (non-hydrogen) atoms. The number of carbonyl (C=O) groups is 2. The first-order valence-corrected chi connectivity index (χ1v) is 20.8. The minimum Gasteiger partial charge on any atom is -0.462 e. The molecule has 5 heteroatoms. The first-order chi connectivity index (χ1) is 24.6. The third kappa shape index (κ3) is 38.4. The maximum absolute atomic E-state index is 12.5. The molecule has 0 rings (SSSR count). The fourth-order valence-corrected chi connectivity index (χ4v) is 5.44. The third-order valence-electron chi connectivity index (χ3n) is 8.52. The van der Waals surface area contributed by atoms with Crippen LogP contribution in [0.25, 0.3) is 0 Å². The van der Waals surface area contributed by atoms with Crippen LogP contribution < -0.4 is 0 Å². The molecule has 0 spiro atoms. The number of esters is 2. The summed E-state index contributed by atoms with van der Waals surface area (Å²) >= 11 is 0. The number of allylic oxidation sites excluding steroid dienone is 10. The SMILES string of the molecule is CC/C=C\C/C=C\C/C=C\CCCCCCCC(=O)OCC(COCCCCCCCC/C=C\C/C=C\CCC)OC(=O)CCCCCCC. The van der Waals surface area contributed by atoms with Gasteiger partial charge in [0.25, 0.3) is 0 Å². The minimum atomic E-state index is -0.543. The van der Waals surface area contributed by atoms with Gasteiger partial charge in [0, 0.05) is 19.4 Å². The molecule has 0 aliphatic carbocycles. The lowest BCUT2D eigenvalue weighted by molar-refractivity contribution is -0.163. The second-order valence-corrected chi connectivity index (χ2v) is 13.5. The standard InChI is InChI=1S/C45H78O5/c1-4-7-10-13-15-17-19-21-23-24-26-28-30-33-35-38-44(46)49-42-43(50-45(47)39-36-32-12-9-6-3)41-48-40-37-34-31-29-27-25-22-20-18-16-14-11-8-5-2/h7,10-11,14-15,17-18,20-21,23,43H,4-6,8-9,12-13,16,19,22,24-42H2,1-3H3/b10-7-,14-11-,17-15-,20-18-,23-21-. The van der Waals surface area contributed by atoms with E-state index in [2.05, 4.69) is 81.5 Å². The van der Waals surface area contributed by atoms with E-state index in [-0.39, 0.29) is 25.2 Å². The largest absolute Gasteiger partial charge is 0.462 e. The van der Waals surface area contributed by atoms with Crippen molar-refractivity contribution in [3.63, 3.8) is 0 Å². The molecule has 0 aromatic rings. The minimum absolute atomic E-state index is 0.0703. The van der Waals surface area contributed by atoms with Crippen molar-refractivity contribution >= 4 is 11.9 Å². The van der Waals surface area contributed by atoms with E-state index < -0.39 is 6.10 Å². The molecule has 0 saturated carbocycles. The second-order valence-electron chi connectivity index (χ2n) is 13.5. The van der Waals surface area contributed by atoms with Gasteiger partial charge in [-0.15, -0.1) is 0 Å².